The Labute approximate surface area is 218 Å². The number of anilines is 2. The van der Waals surface area contributed by atoms with Gasteiger partial charge < -0.3 is 24.4 Å². The standard InChI is InChI=1S/C26H27FN8O3/c1-28-6-7-29-8-9-34(22-10-19(36-2)11-23(37-3)25(22)27)24-5-4-20-26(33-24)32-21(13-30-20)17-12-31-35(14-17)18-15-38-16-18/h4-7,10-14,18,29H,1,8-9,15-16H2,2-3H3/b7-6-. The Balaban J connectivity index is 1.52. The molecule has 38 heavy (non-hydrogen) atoms. The molecule has 1 aliphatic heterocycles. The number of pyridine rings is 1. The van der Waals surface area contributed by atoms with Crippen molar-refractivity contribution in [3.63, 3.8) is 0 Å². The summed E-state index contributed by atoms with van der Waals surface area (Å²) in [5.74, 6) is 0.451. The molecule has 0 bridgehead atoms. The maximum atomic E-state index is 15.5. The van der Waals surface area contributed by atoms with Crippen molar-refractivity contribution >= 4 is 29.4 Å². The van der Waals surface area contributed by atoms with Crippen molar-refractivity contribution in [3.05, 3.63) is 61.1 Å². The molecule has 1 saturated heterocycles. The van der Waals surface area contributed by atoms with Crippen LogP contribution >= 0.6 is 0 Å². The lowest BCUT2D eigenvalue weighted by molar-refractivity contribution is -0.0286. The summed E-state index contributed by atoms with van der Waals surface area (Å²) in [7, 11) is 2.92. The van der Waals surface area contributed by atoms with Gasteiger partial charge in [0, 0.05) is 49.4 Å². The summed E-state index contributed by atoms with van der Waals surface area (Å²) in [4.78, 5) is 19.4. The van der Waals surface area contributed by atoms with E-state index in [1.54, 1.807) is 41.7 Å². The van der Waals surface area contributed by atoms with Crippen molar-refractivity contribution in [1.29, 1.82) is 0 Å². The average Bonchev–Trinajstić information content (AvgIpc) is 3.39. The first-order valence-corrected chi connectivity index (χ1v) is 11.9. The Bertz CT molecular complexity index is 1470. The number of hydrogen-bond donors (Lipinski definition) is 1. The molecule has 4 aromatic rings. The van der Waals surface area contributed by atoms with Gasteiger partial charge in [0.1, 0.15) is 17.1 Å². The van der Waals surface area contributed by atoms with E-state index in [0.29, 0.717) is 54.7 Å². The third-order valence-electron chi connectivity index (χ3n) is 6.08. The van der Waals surface area contributed by atoms with Crippen LogP contribution in [-0.4, -0.2) is 72.0 Å². The molecule has 0 unspecified atom stereocenters. The molecule has 0 atom stereocenters. The Kier molecular flexibility index (Phi) is 7.40. The lowest BCUT2D eigenvalue weighted by Gasteiger charge is -2.26. The van der Waals surface area contributed by atoms with Crippen LogP contribution < -0.4 is 19.7 Å². The number of aromatic nitrogens is 5. The first-order valence-electron chi connectivity index (χ1n) is 11.9. The topological polar surface area (TPSA) is 112 Å². The van der Waals surface area contributed by atoms with Crippen molar-refractivity contribution in [3.8, 4) is 22.8 Å². The minimum absolute atomic E-state index is 0.0600. The molecule has 1 N–H and O–H groups in total. The Morgan fingerprint density at radius 3 is 2.84 bits per heavy atom. The molecular formula is C26H27FN8O3. The molecule has 0 spiro atoms. The molecule has 5 rings (SSSR count). The summed E-state index contributed by atoms with van der Waals surface area (Å²) in [5, 5.41) is 7.54. The van der Waals surface area contributed by atoms with Crippen molar-refractivity contribution in [2.45, 2.75) is 6.04 Å². The van der Waals surface area contributed by atoms with E-state index in [1.165, 1.54) is 26.5 Å². The number of rotatable bonds is 11. The second kappa shape index (κ2) is 11.2. The zero-order chi connectivity index (χ0) is 26.5. The largest absolute Gasteiger partial charge is 0.497 e. The number of aliphatic imine (C=N–C) groups is 1. The van der Waals surface area contributed by atoms with Crippen LogP contribution in [0.25, 0.3) is 22.4 Å². The van der Waals surface area contributed by atoms with Gasteiger partial charge in [0.15, 0.2) is 17.2 Å². The molecule has 0 saturated carbocycles. The fourth-order valence-corrected chi connectivity index (χ4v) is 3.97. The minimum Gasteiger partial charge on any atom is -0.497 e. The number of nitrogens with one attached hydrogen (secondary N) is 1. The van der Waals surface area contributed by atoms with Crippen LogP contribution in [-0.2, 0) is 4.74 Å². The SMILES string of the molecule is C=N/C=C\NCCN(c1ccc2ncc(-c3cnn(C4COC4)c3)nc2n1)c1cc(OC)cc(OC)c1F. The molecule has 1 aromatic carbocycles. The van der Waals surface area contributed by atoms with Crippen LogP contribution in [0.1, 0.15) is 6.04 Å². The summed E-state index contributed by atoms with van der Waals surface area (Å²) in [5.41, 5.74) is 2.74. The number of benzene rings is 1. The van der Waals surface area contributed by atoms with Crippen LogP contribution in [0.15, 0.2) is 60.2 Å². The molecule has 196 valence electrons. The van der Waals surface area contributed by atoms with E-state index in [0.717, 1.165) is 5.56 Å². The van der Waals surface area contributed by atoms with Crippen LogP contribution in [0.2, 0.25) is 0 Å². The number of hydrogen-bond acceptors (Lipinski definition) is 10. The predicted octanol–water partition coefficient (Wildman–Crippen LogP) is 3.52. The quantitative estimate of drug-likeness (QED) is 0.235. The number of methoxy groups -OCH3 is 2. The van der Waals surface area contributed by atoms with Gasteiger partial charge in [0.05, 0.1) is 57.3 Å². The Hall–Kier alpha value is -4.58. The van der Waals surface area contributed by atoms with E-state index in [2.05, 4.69) is 27.1 Å². The first kappa shape index (κ1) is 25.1. The molecule has 12 heteroatoms. The predicted molar refractivity (Wildman–Crippen MR) is 142 cm³/mol. The van der Waals surface area contributed by atoms with Gasteiger partial charge >= 0.3 is 0 Å². The fourth-order valence-electron chi connectivity index (χ4n) is 3.97. The Morgan fingerprint density at radius 2 is 2.11 bits per heavy atom. The highest BCUT2D eigenvalue weighted by molar-refractivity contribution is 5.77. The number of halogens is 1. The van der Waals surface area contributed by atoms with Gasteiger partial charge in [0.2, 0.25) is 0 Å². The number of nitrogens with zero attached hydrogens (tertiary/aromatic N) is 7. The van der Waals surface area contributed by atoms with Gasteiger partial charge in [0.25, 0.3) is 0 Å². The molecule has 0 radical (unpaired) electrons. The molecule has 4 heterocycles. The molecule has 1 fully saturated rings. The minimum atomic E-state index is -0.536. The van der Waals surface area contributed by atoms with Gasteiger partial charge in [-0.25, -0.2) is 14.4 Å². The van der Waals surface area contributed by atoms with Crippen molar-refractivity contribution in [2.75, 3.05) is 45.4 Å². The average molecular weight is 519 g/mol. The lowest BCUT2D eigenvalue weighted by atomic mass is 10.2. The molecule has 11 nitrogen and oxygen atoms in total. The van der Waals surface area contributed by atoms with Crippen LogP contribution in [0, 0.1) is 5.82 Å². The molecule has 0 amide bonds. The zero-order valence-electron chi connectivity index (χ0n) is 21.0. The highest BCUT2D eigenvalue weighted by atomic mass is 19.1. The number of ether oxygens (including phenoxy) is 3. The molecule has 1 aliphatic rings. The van der Waals surface area contributed by atoms with E-state index >= 15 is 4.39 Å². The maximum Gasteiger partial charge on any atom is 0.188 e. The monoisotopic (exact) mass is 518 g/mol. The van der Waals surface area contributed by atoms with Crippen LogP contribution in [0.5, 0.6) is 11.5 Å². The summed E-state index contributed by atoms with van der Waals surface area (Å²) in [6.45, 7) is 5.52. The first-order chi connectivity index (χ1) is 18.6. The second-order valence-electron chi connectivity index (χ2n) is 8.43. The smallest absolute Gasteiger partial charge is 0.188 e. The molecule has 3 aromatic heterocycles. The van der Waals surface area contributed by atoms with E-state index < -0.39 is 5.82 Å². The van der Waals surface area contributed by atoms with E-state index in [1.807, 2.05) is 10.9 Å². The number of fused-ring (bicyclic) bond motifs is 1. The summed E-state index contributed by atoms with van der Waals surface area (Å²) < 4.78 is 33.3. The highest BCUT2D eigenvalue weighted by Gasteiger charge is 2.23. The normalized spacial score (nSPS) is 13.4. The Morgan fingerprint density at radius 1 is 1.24 bits per heavy atom. The van der Waals surface area contributed by atoms with Gasteiger partial charge in [-0.1, -0.05) is 0 Å². The van der Waals surface area contributed by atoms with Crippen molar-refractivity contribution in [2.24, 2.45) is 4.99 Å². The summed E-state index contributed by atoms with van der Waals surface area (Å²) >= 11 is 0. The van der Waals surface area contributed by atoms with Crippen molar-refractivity contribution < 1.29 is 18.6 Å². The van der Waals surface area contributed by atoms with Gasteiger partial charge in [-0.15, -0.1) is 0 Å². The van der Waals surface area contributed by atoms with Gasteiger partial charge in [-0.3, -0.25) is 14.7 Å². The molecular weight excluding hydrogens is 491 g/mol. The van der Waals surface area contributed by atoms with E-state index in [4.69, 9.17) is 24.2 Å². The van der Waals surface area contributed by atoms with E-state index in [9.17, 15) is 0 Å². The summed E-state index contributed by atoms with van der Waals surface area (Å²) in [6, 6.07) is 6.91. The summed E-state index contributed by atoms with van der Waals surface area (Å²) in [6.07, 6.45) is 8.56. The fraction of sp³-hybridized carbons (Fsp3) is 0.269. The van der Waals surface area contributed by atoms with Gasteiger partial charge in [-0.05, 0) is 18.9 Å². The highest BCUT2D eigenvalue weighted by Crippen LogP contribution is 2.36. The lowest BCUT2D eigenvalue weighted by Crippen LogP contribution is -2.30. The van der Waals surface area contributed by atoms with E-state index in [-0.39, 0.29) is 17.5 Å². The zero-order valence-corrected chi connectivity index (χ0v) is 21.0. The third-order valence-corrected chi connectivity index (χ3v) is 6.08. The third kappa shape index (κ3) is 5.11. The second-order valence-corrected chi connectivity index (χ2v) is 8.43. The van der Waals surface area contributed by atoms with Crippen molar-refractivity contribution in [1.82, 2.24) is 30.0 Å². The van der Waals surface area contributed by atoms with Crippen LogP contribution in [0.3, 0.4) is 0 Å². The molecule has 0 aliphatic carbocycles. The van der Waals surface area contributed by atoms with Gasteiger partial charge in [-0.2, -0.15) is 5.10 Å². The van der Waals surface area contributed by atoms with Crippen LogP contribution in [0.4, 0.5) is 15.9 Å². The maximum absolute atomic E-state index is 15.5.